The highest BCUT2D eigenvalue weighted by atomic mass is 19.1. The second-order valence-corrected chi connectivity index (χ2v) is 11.3. The zero-order valence-electron chi connectivity index (χ0n) is 22.6. The molecule has 3 aliphatic rings. The first-order valence-electron chi connectivity index (χ1n) is 14.0. The van der Waals surface area contributed by atoms with Crippen molar-refractivity contribution < 1.29 is 13.9 Å². The molecule has 2 aliphatic heterocycles. The van der Waals surface area contributed by atoms with Crippen LogP contribution in [0.3, 0.4) is 0 Å². The molecule has 3 aromatic heterocycles. The van der Waals surface area contributed by atoms with Crippen LogP contribution in [0.1, 0.15) is 30.1 Å². The van der Waals surface area contributed by atoms with Crippen molar-refractivity contribution in [3.05, 3.63) is 78.0 Å². The van der Waals surface area contributed by atoms with Gasteiger partial charge < -0.3 is 15.0 Å². The minimum Gasteiger partial charge on any atom is -0.508 e. The molecule has 1 aliphatic carbocycles. The highest BCUT2D eigenvalue weighted by Gasteiger charge is 2.48. The van der Waals surface area contributed by atoms with Crippen molar-refractivity contribution in [1.29, 1.82) is 5.26 Å². The Kier molecular flexibility index (Phi) is 5.37. The normalized spacial score (nSPS) is 19.5. The molecule has 2 saturated heterocycles. The summed E-state index contributed by atoms with van der Waals surface area (Å²) in [4.78, 5) is 8.95. The monoisotopic (exact) mass is 561 g/mol. The number of aryl methyl sites for hydroxylation is 2. The first kappa shape index (κ1) is 24.9. The number of fused-ring (bicyclic) bond motifs is 5. The fraction of sp³-hybridized carbons (Fsp3) is 0.250. The van der Waals surface area contributed by atoms with Gasteiger partial charge in [0, 0.05) is 41.0 Å². The molecule has 208 valence electrons. The molecule has 5 heterocycles. The van der Waals surface area contributed by atoms with Crippen LogP contribution in [-0.4, -0.2) is 42.0 Å². The van der Waals surface area contributed by atoms with Crippen molar-refractivity contribution in [2.75, 3.05) is 6.54 Å². The molecule has 0 amide bonds. The predicted octanol–water partition coefficient (Wildman–Crippen LogP) is 5.87. The minimum atomic E-state index is -0.597. The zero-order chi connectivity index (χ0) is 28.7. The lowest BCUT2D eigenvalue weighted by atomic mass is 9.79. The fourth-order valence-corrected chi connectivity index (χ4v) is 7.16. The lowest BCUT2D eigenvalue weighted by molar-refractivity contribution is 0.223. The summed E-state index contributed by atoms with van der Waals surface area (Å²) in [5, 5.41) is 30.5. The molecule has 9 rings (SSSR count). The van der Waals surface area contributed by atoms with Gasteiger partial charge in [0.25, 0.3) is 0 Å². The summed E-state index contributed by atoms with van der Waals surface area (Å²) in [5.41, 5.74) is 3.17. The number of pyridine rings is 1. The average molecular weight is 562 g/mol. The number of rotatable bonds is 5. The van der Waals surface area contributed by atoms with Gasteiger partial charge in [-0.2, -0.15) is 10.4 Å². The molecule has 3 fully saturated rings. The summed E-state index contributed by atoms with van der Waals surface area (Å²) in [6.45, 7) is 3.00. The zero-order valence-corrected chi connectivity index (χ0v) is 22.6. The maximum Gasteiger partial charge on any atom is 0.165 e. The Labute approximate surface area is 238 Å². The Morgan fingerprint density at radius 1 is 1.12 bits per heavy atom. The van der Waals surface area contributed by atoms with Crippen LogP contribution in [-0.2, 0) is 6.42 Å². The first-order valence-corrected chi connectivity index (χ1v) is 14.0. The number of nitrogens with zero attached hydrogens (tertiary/aromatic N) is 6. The predicted molar refractivity (Wildman–Crippen MR) is 154 cm³/mol. The Balaban J connectivity index is 1.51. The molecule has 0 spiro atoms. The second-order valence-electron chi connectivity index (χ2n) is 11.3. The van der Waals surface area contributed by atoms with E-state index in [1.54, 1.807) is 17.1 Å². The van der Waals surface area contributed by atoms with Crippen LogP contribution in [0.15, 0.2) is 55.1 Å². The van der Waals surface area contributed by atoms with Crippen LogP contribution < -0.4 is 5.32 Å². The number of benzene rings is 3. The van der Waals surface area contributed by atoms with E-state index in [4.69, 9.17) is 4.98 Å². The van der Waals surface area contributed by atoms with Crippen LogP contribution in [0.2, 0.25) is 0 Å². The molecule has 42 heavy (non-hydrogen) atoms. The van der Waals surface area contributed by atoms with Gasteiger partial charge in [-0.25, -0.2) is 23.4 Å². The highest BCUT2D eigenvalue weighted by molar-refractivity contribution is 6.10. The van der Waals surface area contributed by atoms with Gasteiger partial charge in [0.05, 0.1) is 17.6 Å². The van der Waals surface area contributed by atoms with Gasteiger partial charge >= 0.3 is 0 Å². The fourth-order valence-electron chi connectivity index (χ4n) is 7.16. The SMILES string of the molecule is Cc1cc2c(-n3cncn3)nc3c(F)c(-c4cc(O)cc5ccc(F)cc45)c(CCC#N)cc3c2n1C1[C@H]2CN[C@@H]1C2. The molecule has 10 heteroatoms. The summed E-state index contributed by atoms with van der Waals surface area (Å²) in [6, 6.07) is 13.9. The minimum absolute atomic E-state index is 0.0704. The highest BCUT2D eigenvalue weighted by Crippen LogP contribution is 2.48. The number of hydrogen-bond acceptors (Lipinski definition) is 6. The number of aromatic nitrogens is 5. The number of nitriles is 1. The summed E-state index contributed by atoms with van der Waals surface area (Å²) in [5.74, 6) is -0.200. The maximum absolute atomic E-state index is 17.2. The molecule has 2 bridgehead atoms. The van der Waals surface area contributed by atoms with Gasteiger partial charge in [0.2, 0.25) is 0 Å². The number of nitrogens with one attached hydrogen (secondary N) is 1. The van der Waals surface area contributed by atoms with Gasteiger partial charge in [-0.15, -0.1) is 0 Å². The number of halogens is 2. The van der Waals surface area contributed by atoms with E-state index in [-0.39, 0.29) is 35.7 Å². The quantitative estimate of drug-likeness (QED) is 0.273. The number of aromatic hydroxyl groups is 1. The third-order valence-corrected chi connectivity index (χ3v) is 8.97. The Bertz CT molecular complexity index is 2100. The third kappa shape index (κ3) is 3.50. The van der Waals surface area contributed by atoms with Crippen molar-refractivity contribution >= 4 is 32.6 Å². The molecule has 2 N–H and O–H groups in total. The van der Waals surface area contributed by atoms with E-state index in [0.717, 1.165) is 29.6 Å². The molecule has 6 aromatic rings. The first-order chi connectivity index (χ1) is 20.4. The van der Waals surface area contributed by atoms with E-state index < -0.39 is 11.6 Å². The lowest BCUT2D eigenvalue weighted by Gasteiger charge is -2.37. The summed E-state index contributed by atoms with van der Waals surface area (Å²) < 4.78 is 35.5. The van der Waals surface area contributed by atoms with E-state index >= 15 is 4.39 Å². The molecule has 3 aromatic carbocycles. The molecule has 1 saturated carbocycles. The summed E-state index contributed by atoms with van der Waals surface area (Å²) >= 11 is 0. The van der Waals surface area contributed by atoms with Crippen LogP contribution in [0.4, 0.5) is 8.78 Å². The standard InChI is InChI=1S/C32H25F2N7O/c1-16-7-25-31(41(16)30-19-10-26(30)37-13-19)24-9-18(3-2-6-35)27(28(34)29(24)39-32(25)40-15-36-14-38-40)23-12-21(42)8-17-4-5-20(33)11-22(17)23/h4-5,7-9,11-12,14-15,19,26,30,37,42H,2-3,10,13H2,1H3/t19-,26-,30?/m1/s1. The summed E-state index contributed by atoms with van der Waals surface area (Å²) in [6.07, 6.45) is 4.49. The van der Waals surface area contributed by atoms with E-state index in [1.165, 1.54) is 30.6 Å². The molecular formula is C32H25F2N7O. The van der Waals surface area contributed by atoms with Crippen LogP contribution >= 0.6 is 0 Å². The summed E-state index contributed by atoms with van der Waals surface area (Å²) in [7, 11) is 0. The molecule has 8 nitrogen and oxygen atoms in total. The Morgan fingerprint density at radius 2 is 2.00 bits per heavy atom. The van der Waals surface area contributed by atoms with Gasteiger partial charge in [-0.3, -0.25) is 0 Å². The van der Waals surface area contributed by atoms with Crippen molar-refractivity contribution in [3.63, 3.8) is 0 Å². The molecule has 0 radical (unpaired) electrons. The second kappa shape index (κ2) is 9.06. The van der Waals surface area contributed by atoms with Crippen molar-refractivity contribution in [1.82, 2.24) is 29.6 Å². The van der Waals surface area contributed by atoms with Crippen molar-refractivity contribution in [2.24, 2.45) is 5.92 Å². The molecule has 1 unspecified atom stereocenters. The van der Waals surface area contributed by atoms with Crippen LogP contribution in [0, 0.1) is 35.8 Å². The van der Waals surface area contributed by atoms with E-state index in [9.17, 15) is 14.8 Å². The third-order valence-electron chi connectivity index (χ3n) is 8.97. The average Bonchev–Trinajstić information content (AvgIpc) is 3.78. The number of phenols is 1. The Morgan fingerprint density at radius 3 is 2.74 bits per heavy atom. The van der Waals surface area contributed by atoms with Crippen LogP contribution in [0.25, 0.3) is 49.5 Å². The maximum atomic E-state index is 17.2. The van der Waals surface area contributed by atoms with Gasteiger partial charge in [-0.05, 0) is 84.0 Å². The van der Waals surface area contributed by atoms with Gasteiger partial charge in [0.1, 0.15) is 29.7 Å². The van der Waals surface area contributed by atoms with Gasteiger partial charge in [0.15, 0.2) is 11.6 Å². The smallest absolute Gasteiger partial charge is 0.165 e. The largest absolute Gasteiger partial charge is 0.508 e. The number of hydrogen-bond donors (Lipinski definition) is 2. The van der Waals surface area contributed by atoms with E-state index in [2.05, 4.69) is 39.0 Å². The van der Waals surface area contributed by atoms with Crippen molar-refractivity contribution in [2.45, 2.75) is 38.3 Å². The molecule has 3 atom stereocenters. The lowest BCUT2D eigenvalue weighted by Crippen LogP contribution is -2.39. The van der Waals surface area contributed by atoms with Crippen molar-refractivity contribution in [3.8, 4) is 28.8 Å². The number of phenolic OH excluding ortho intramolecular Hbond substituents is 1. The van der Waals surface area contributed by atoms with E-state index in [1.807, 2.05) is 6.07 Å². The van der Waals surface area contributed by atoms with E-state index in [0.29, 0.717) is 45.1 Å². The Hall–Kier alpha value is -4.88. The van der Waals surface area contributed by atoms with Gasteiger partial charge in [-0.1, -0.05) is 6.07 Å². The topological polar surface area (TPSA) is 105 Å². The van der Waals surface area contributed by atoms with Crippen LogP contribution in [0.5, 0.6) is 5.75 Å². The molecular weight excluding hydrogens is 536 g/mol.